The number of benzene rings is 2. The van der Waals surface area contributed by atoms with Crippen LogP contribution in [0.2, 0.25) is 0 Å². The van der Waals surface area contributed by atoms with Crippen LogP contribution in [-0.4, -0.2) is 27.1 Å². The van der Waals surface area contributed by atoms with Gasteiger partial charge in [0.25, 0.3) is 0 Å². The molecule has 152 valence electrons. The smallest absolute Gasteiger partial charge is 0.241 e. The van der Waals surface area contributed by atoms with Gasteiger partial charge in [-0.2, -0.15) is 0 Å². The van der Waals surface area contributed by atoms with E-state index >= 15 is 0 Å². The third-order valence-corrected chi connectivity index (χ3v) is 5.75. The van der Waals surface area contributed by atoms with Gasteiger partial charge in [-0.1, -0.05) is 12.1 Å². The first-order chi connectivity index (χ1) is 12.9. The number of halogens is 2. The summed E-state index contributed by atoms with van der Waals surface area (Å²) in [5, 5.41) is 2.77. The molecular weight excluding hydrogens is 386 g/mol. The number of hydrogen-bond donors (Lipinski definition) is 1. The zero-order chi connectivity index (χ0) is 21.2. The molecular formula is C20H24F2N2O3S. The summed E-state index contributed by atoms with van der Waals surface area (Å²) in [5.41, 5.74) is 4.04. The Morgan fingerprint density at radius 1 is 1.04 bits per heavy atom. The predicted molar refractivity (Wildman–Crippen MR) is 106 cm³/mol. The molecule has 1 N–H and O–H groups in total. The normalized spacial score (nSPS) is 12.5. The fraction of sp³-hybridized carbons (Fsp3) is 0.350. The summed E-state index contributed by atoms with van der Waals surface area (Å²) in [5.74, 6) is -2.84. The summed E-state index contributed by atoms with van der Waals surface area (Å²) >= 11 is 0. The molecule has 0 aromatic heterocycles. The van der Waals surface area contributed by atoms with Crippen molar-refractivity contribution in [2.45, 2.75) is 33.7 Å². The van der Waals surface area contributed by atoms with E-state index in [2.05, 4.69) is 5.32 Å². The first-order valence-corrected chi connectivity index (χ1v) is 10.5. The van der Waals surface area contributed by atoms with Crippen LogP contribution >= 0.6 is 0 Å². The summed E-state index contributed by atoms with van der Waals surface area (Å²) in [6, 6.07) is 6.35. The summed E-state index contributed by atoms with van der Waals surface area (Å²) in [4.78, 5) is 12.5. The summed E-state index contributed by atoms with van der Waals surface area (Å²) in [7, 11) is -3.88. The van der Waals surface area contributed by atoms with Crippen LogP contribution in [-0.2, 0) is 14.8 Å². The molecule has 0 saturated heterocycles. The number of carbonyl (C=O) groups is 1. The van der Waals surface area contributed by atoms with Gasteiger partial charge < -0.3 is 5.32 Å². The summed E-state index contributed by atoms with van der Waals surface area (Å²) in [6.45, 7) is 7.17. The number of aryl methyl sites for hydroxylation is 3. The molecule has 0 aliphatic heterocycles. The van der Waals surface area contributed by atoms with Crippen molar-refractivity contribution in [2.75, 3.05) is 17.1 Å². The average molecular weight is 410 g/mol. The van der Waals surface area contributed by atoms with E-state index in [1.807, 2.05) is 32.9 Å². The minimum absolute atomic E-state index is 0.119. The van der Waals surface area contributed by atoms with Gasteiger partial charge in [0, 0.05) is 6.07 Å². The van der Waals surface area contributed by atoms with Crippen LogP contribution in [0, 0.1) is 32.4 Å². The Balaban J connectivity index is 2.22. The molecule has 28 heavy (non-hydrogen) atoms. The number of anilines is 1. The molecule has 1 atom stereocenters. The molecule has 0 saturated carbocycles. The minimum atomic E-state index is -3.88. The van der Waals surface area contributed by atoms with Crippen LogP contribution in [0.15, 0.2) is 30.3 Å². The summed E-state index contributed by atoms with van der Waals surface area (Å²) < 4.78 is 51.6. The lowest BCUT2D eigenvalue weighted by Gasteiger charge is -2.24. The van der Waals surface area contributed by atoms with Gasteiger partial charge in [-0.25, -0.2) is 17.2 Å². The molecule has 0 unspecified atom stereocenters. The van der Waals surface area contributed by atoms with E-state index in [1.54, 1.807) is 6.92 Å². The molecule has 0 fully saturated rings. The molecule has 0 spiro atoms. The molecule has 2 aromatic carbocycles. The van der Waals surface area contributed by atoms with Crippen molar-refractivity contribution in [2.24, 2.45) is 0 Å². The van der Waals surface area contributed by atoms with Gasteiger partial charge >= 0.3 is 0 Å². The molecule has 0 bridgehead atoms. The Kier molecular flexibility index (Phi) is 6.44. The molecule has 0 aliphatic carbocycles. The maximum atomic E-state index is 13.5. The van der Waals surface area contributed by atoms with Crippen molar-refractivity contribution in [3.8, 4) is 0 Å². The highest BCUT2D eigenvalue weighted by Gasteiger charge is 2.23. The van der Waals surface area contributed by atoms with Gasteiger partial charge in [0.15, 0.2) is 11.6 Å². The van der Waals surface area contributed by atoms with Crippen LogP contribution in [0.4, 0.5) is 14.5 Å². The molecule has 0 heterocycles. The van der Waals surface area contributed by atoms with E-state index < -0.39 is 34.1 Å². The fourth-order valence-corrected chi connectivity index (χ4v) is 3.83. The lowest BCUT2D eigenvalue weighted by atomic mass is 9.96. The number of rotatable bonds is 6. The molecule has 0 aliphatic rings. The predicted octanol–water partition coefficient (Wildman–Crippen LogP) is 3.53. The maximum Gasteiger partial charge on any atom is 0.241 e. The highest BCUT2D eigenvalue weighted by molar-refractivity contribution is 7.92. The van der Waals surface area contributed by atoms with Crippen molar-refractivity contribution in [1.29, 1.82) is 0 Å². The lowest BCUT2D eigenvalue weighted by molar-refractivity contribution is -0.120. The Hall–Kier alpha value is -2.48. The average Bonchev–Trinajstić information content (AvgIpc) is 2.57. The number of nitrogens with zero attached hydrogens (tertiary/aromatic N) is 1. The Bertz CT molecular complexity index is 1010. The third kappa shape index (κ3) is 5.07. The first kappa shape index (κ1) is 21.8. The topological polar surface area (TPSA) is 66.5 Å². The van der Waals surface area contributed by atoms with Crippen molar-refractivity contribution in [3.63, 3.8) is 0 Å². The fourth-order valence-electron chi connectivity index (χ4n) is 2.98. The SMILES string of the molecule is Cc1cc(C)c([C@H](C)NC(=O)CN(c2ccc(F)c(F)c2)S(C)(=O)=O)cc1C. The second kappa shape index (κ2) is 8.26. The maximum absolute atomic E-state index is 13.5. The van der Waals surface area contributed by atoms with Crippen LogP contribution in [0.25, 0.3) is 0 Å². The lowest BCUT2D eigenvalue weighted by Crippen LogP contribution is -2.41. The Morgan fingerprint density at radius 3 is 2.21 bits per heavy atom. The van der Waals surface area contributed by atoms with E-state index in [-0.39, 0.29) is 11.7 Å². The Morgan fingerprint density at radius 2 is 1.64 bits per heavy atom. The Labute approximate surface area is 164 Å². The molecule has 8 heteroatoms. The molecule has 5 nitrogen and oxygen atoms in total. The van der Waals surface area contributed by atoms with Gasteiger partial charge in [0.2, 0.25) is 15.9 Å². The van der Waals surface area contributed by atoms with Crippen LogP contribution < -0.4 is 9.62 Å². The van der Waals surface area contributed by atoms with Crippen molar-refractivity contribution >= 4 is 21.6 Å². The van der Waals surface area contributed by atoms with E-state index in [9.17, 15) is 22.0 Å². The first-order valence-electron chi connectivity index (χ1n) is 8.70. The number of sulfonamides is 1. The van der Waals surface area contributed by atoms with E-state index in [1.165, 1.54) is 0 Å². The third-order valence-electron chi connectivity index (χ3n) is 4.61. The summed E-state index contributed by atoms with van der Waals surface area (Å²) in [6.07, 6.45) is 0.901. The molecule has 1 amide bonds. The van der Waals surface area contributed by atoms with Crippen molar-refractivity contribution < 1.29 is 22.0 Å². The van der Waals surface area contributed by atoms with Gasteiger partial charge in [-0.3, -0.25) is 9.10 Å². The highest BCUT2D eigenvalue weighted by Crippen LogP contribution is 2.23. The van der Waals surface area contributed by atoms with Crippen molar-refractivity contribution in [1.82, 2.24) is 5.32 Å². The zero-order valence-electron chi connectivity index (χ0n) is 16.5. The van der Waals surface area contributed by atoms with E-state index in [0.29, 0.717) is 0 Å². The van der Waals surface area contributed by atoms with Gasteiger partial charge in [0.1, 0.15) is 6.54 Å². The molecule has 2 aromatic rings. The largest absolute Gasteiger partial charge is 0.348 e. The molecule has 0 radical (unpaired) electrons. The van der Waals surface area contributed by atoms with Gasteiger partial charge in [0.05, 0.1) is 18.0 Å². The van der Waals surface area contributed by atoms with Gasteiger partial charge in [-0.15, -0.1) is 0 Å². The number of amides is 1. The highest BCUT2D eigenvalue weighted by atomic mass is 32.2. The standard InChI is InChI=1S/C20H24F2N2O3S/c1-12-8-14(3)17(9-13(12)2)15(4)23-20(25)11-24(28(5,26)27)16-6-7-18(21)19(22)10-16/h6-10,15H,11H2,1-5H3,(H,23,25)/t15-/m0/s1. The zero-order valence-corrected chi connectivity index (χ0v) is 17.3. The van der Waals surface area contributed by atoms with Crippen molar-refractivity contribution in [3.05, 3.63) is 64.2 Å². The monoisotopic (exact) mass is 410 g/mol. The number of carbonyl (C=O) groups excluding carboxylic acids is 1. The molecule has 2 rings (SSSR count). The van der Waals surface area contributed by atoms with Crippen LogP contribution in [0.5, 0.6) is 0 Å². The second-order valence-electron chi connectivity index (χ2n) is 6.95. The van der Waals surface area contributed by atoms with Crippen LogP contribution in [0.3, 0.4) is 0 Å². The van der Waals surface area contributed by atoms with Gasteiger partial charge in [-0.05, 0) is 62.1 Å². The quantitative estimate of drug-likeness (QED) is 0.792. The number of hydrogen-bond acceptors (Lipinski definition) is 3. The van der Waals surface area contributed by atoms with E-state index in [4.69, 9.17) is 0 Å². The second-order valence-corrected chi connectivity index (χ2v) is 8.86. The minimum Gasteiger partial charge on any atom is -0.348 e. The van der Waals surface area contributed by atoms with Crippen LogP contribution in [0.1, 0.15) is 35.2 Å². The van der Waals surface area contributed by atoms with E-state index in [0.717, 1.165) is 51.0 Å². The number of nitrogens with one attached hydrogen (secondary N) is 1.